The summed E-state index contributed by atoms with van der Waals surface area (Å²) in [6.45, 7) is 3.98. The van der Waals surface area contributed by atoms with Gasteiger partial charge < -0.3 is 0 Å². The topological polar surface area (TPSA) is 118 Å². The van der Waals surface area contributed by atoms with Crippen molar-refractivity contribution in [2.45, 2.75) is 38.0 Å². The molecule has 0 saturated carbocycles. The molecule has 140 valence electrons. The second-order valence-electron chi connectivity index (χ2n) is 5.76. The summed E-state index contributed by atoms with van der Waals surface area (Å²) in [7, 11) is -3.72. The number of nitrogens with one attached hydrogen (secondary N) is 2. The van der Waals surface area contributed by atoms with Crippen molar-refractivity contribution in [2.75, 3.05) is 0 Å². The molecule has 2 rings (SSSR count). The summed E-state index contributed by atoms with van der Waals surface area (Å²) >= 11 is 1.41. The Morgan fingerprint density at radius 3 is 2.35 bits per heavy atom. The van der Waals surface area contributed by atoms with E-state index in [0.717, 1.165) is 22.4 Å². The lowest BCUT2D eigenvalue weighted by atomic mass is 10.1. The van der Waals surface area contributed by atoms with E-state index < -0.39 is 10.0 Å². The maximum absolute atomic E-state index is 12.1. The van der Waals surface area contributed by atoms with Gasteiger partial charge in [-0.1, -0.05) is 19.1 Å². The van der Waals surface area contributed by atoms with Crippen LogP contribution in [0.2, 0.25) is 0 Å². The van der Waals surface area contributed by atoms with Crippen LogP contribution in [0.5, 0.6) is 0 Å². The Balaban J connectivity index is 1.82. The van der Waals surface area contributed by atoms with Gasteiger partial charge >= 0.3 is 0 Å². The van der Waals surface area contributed by atoms with Crippen molar-refractivity contribution in [2.24, 2.45) is 5.14 Å². The van der Waals surface area contributed by atoms with Crippen molar-refractivity contribution in [1.29, 1.82) is 0 Å². The molecule has 2 aromatic rings. The predicted octanol–water partition coefficient (Wildman–Crippen LogP) is 1.66. The molecule has 0 fully saturated rings. The first-order valence-corrected chi connectivity index (χ1v) is 10.4. The highest BCUT2D eigenvalue weighted by Gasteiger charge is 2.13. The zero-order valence-electron chi connectivity index (χ0n) is 14.5. The Labute approximate surface area is 156 Å². The monoisotopic (exact) mass is 395 g/mol. The highest BCUT2D eigenvalue weighted by atomic mass is 32.2. The van der Waals surface area contributed by atoms with E-state index in [-0.39, 0.29) is 23.1 Å². The van der Waals surface area contributed by atoms with Crippen LogP contribution in [-0.2, 0) is 27.7 Å². The summed E-state index contributed by atoms with van der Waals surface area (Å²) in [6.07, 6.45) is 1.42. The lowest BCUT2D eigenvalue weighted by Gasteiger charge is -2.07. The normalized spacial score (nSPS) is 11.2. The van der Waals surface area contributed by atoms with E-state index in [9.17, 15) is 18.0 Å². The second kappa shape index (κ2) is 8.43. The van der Waals surface area contributed by atoms with Gasteiger partial charge in [0.25, 0.3) is 5.91 Å². The molecule has 0 aliphatic carbocycles. The van der Waals surface area contributed by atoms with E-state index in [1.165, 1.54) is 23.5 Å². The van der Waals surface area contributed by atoms with E-state index in [1.807, 2.05) is 13.8 Å². The van der Waals surface area contributed by atoms with Crippen LogP contribution in [0.4, 0.5) is 0 Å². The van der Waals surface area contributed by atoms with Gasteiger partial charge in [0.15, 0.2) is 0 Å². The number of benzene rings is 1. The number of rotatable bonds is 6. The summed E-state index contributed by atoms with van der Waals surface area (Å²) < 4.78 is 22.4. The molecule has 0 aliphatic rings. The molecular formula is C17H21N3O4S2. The van der Waals surface area contributed by atoms with Crippen LogP contribution >= 0.6 is 11.3 Å². The van der Waals surface area contributed by atoms with Crippen molar-refractivity contribution < 1.29 is 18.0 Å². The Bertz CT molecular complexity index is 903. The van der Waals surface area contributed by atoms with Gasteiger partial charge in [0.2, 0.25) is 15.9 Å². The number of sulfonamides is 1. The van der Waals surface area contributed by atoms with E-state index in [4.69, 9.17) is 5.14 Å². The Morgan fingerprint density at radius 1 is 1.15 bits per heavy atom. The van der Waals surface area contributed by atoms with Gasteiger partial charge in [-0.2, -0.15) is 0 Å². The number of amides is 2. The average Bonchev–Trinajstić information content (AvgIpc) is 2.98. The van der Waals surface area contributed by atoms with Crippen LogP contribution in [0, 0.1) is 6.92 Å². The zero-order chi connectivity index (χ0) is 19.3. The summed E-state index contributed by atoms with van der Waals surface area (Å²) in [5.41, 5.74) is 6.65. The molecule has 0 unspecified atom stereocenters. The Hall–Kier alpha value is -2.23. The van der Waals surface area contributed by atoms with Gasteiger partial charge in [0, 0.05) is 11.3 Å². The average molecular weight is 396 g/mol. The number of hydrazine groups is 1. The number of carbonyl (C=O) groups excluding carboxylic acids is 2. The van der Waals surface area contributed by atoms with E-state index in [0.29, 0.717) is 11.3 Å². The maximum atomic E-state index is 12.1. The molecule has 0 radical (unpaired) electrons. The largest absolute Gasteiger partial charge is 0.279 e. The number of nitrogens with two attached hydrogens (primary N) is 1. The molecule has 1 aromatic heterocycles. The van der Waals surface area contributed by atoms with Crippen molar-refractivity contribution in [3.8, 4) is 0 Å². The minimum absolute atomic E-state index is 0.0238. The fourth-order valence-electron chi connectivity index (χ4n) is 2.34. The van der Waals surface area contributed by atoms with Crippen molar-refractivity contribution >= 4 is 33.2 Å². The molecule has 0 saturated heterocycles. The summed E-state index contributed by atoms with van der Waals surface area (Å²) in [5, 5.41) is 5.03. The number of hydrogen-bond donors (Lipinski definition) is 3. The first-order chi connectivity index (χ1) is 12.2. The van der Waals surface area contributed by atoms with Gasteiger partial charge in [0.1, 0.15) is 0 Å². The van der Waals surface area contributed by atoms with Crippen LogP contribution in [0.25, 0.3) is 0 Å². The molecule has 9 heteroatoms. The van der Waals surface area contributed by atoms with E-state index >= 15 is 0 Å². The number of thiophene rings is 1. The number of hydrogen-bond acceptors (Lipinski definition) is 5. The number of aryl methyl sites for hydroxylation is 3. The standard InChI is InChI=1S/C17H21N3O4S2/c1-3-14-11(2)10-15(25-14)17(22)20-19-16(21)9-6-12-4-7-13(8-5-12)26(18,23)24/h4-5,7-8,10H,3,6,9H2,1-2H3,(H,19,21)(H,20,22)(H2,18,23,24). The molecule has 0 spiro atoms. The molecule has 1 aromatic carbocycles. The van der Waals surface area contributed by atoms with Crippen LogP contribution in [0.15, 0.2) is 35.2 Å². The van der Waals surface area contributed by atoms with Crippen LogP contribution in [0.1, 0.15) is 39.0 Å². The molecule has 26 heavy (non-hydrogen) atoms. The first-order valence-electron chi connectivity index (χ1n) is 8.01. The first kappa shape index (κ1) is 20.1. The highest BCUT2D eigenvalue weighted by molar-refractivity contribution is 7.89. The maximum Gasteiger partial charge on any atom is 0.279 e. The third-order valence-corrected chi connectivity index (χ3v) is 6.08. The molecule has 2 amide bonds. The quantitative estimate of drug-likeness (QED) is 0.645. The zero-order valence-corrected chi connectivity index (χ0v) is 16.2. The molecule has 0 aliphatic heterocycles. The Morgan fingerprint density at radius 2 is 1.81 bits per heavy atom. The van der Waals surface area contributed by atoms with Crippen molar-refractivity contribution in [3.63, 3.8) is 0 Å². The smallest absolute Gasteiger partial charge is 0.273 e. The molecular weight excluding hydrogens is 374 g/mol. The van der Waals surface area contributed by atoms with Gasteiger partial charge in [-0.05, 0) is 49.1 Å². The Kier molecular flexibility index (Phi) is 6.52. The van der Waals surface area contributed by atoms with Crippen molar-refractivity contribution in [3.05, 3.63) is 51.2 Å². The molecule has 7 nitrogen and oxygen atoms in total. The van der Waals surface area contributed by atoms with Gasteiger partial charge in [-0.3, -0.25) is 20.4 Å². The summed E-state index contributed by atoms with van der Waals surface area (Å²) in [4.78, 5) is 25.6. The van der Waals surface area contributed by atoms with Gasteiger partial charge in [-0.25, -0.2) is 13.6 Å². The van der Waals surface area contributed by atoms with Crippen LogP contribution in [-0.4, -0.2) is 20.2 Å². The van der Waals surface area contributed by atoms with Gasteiger partial charge in [0.05, 0.1) is 9.77 Å². The van der Waals surface area contributed by atoms with E-state index in [1.54, 1.807) is 18.2 Å². The van der Waals surface area contributed by atoms with Crippen LogP contribution < -0.4 is 16.0 Å². The predicted molar refractivity (Wildman–Crippen MR) is 100 cm³/mol. The SMILES string of the molecule is CCc1sc(C(=O)NNC(=O)CCc2ccc(S(N)(=O)=O)cc2)cc1C. The fraction of sp³-hybridized carbons (Fsp3) is 0.294. The molecule has 0 bridgehead atoms. The third-order valence-electron chi connectivity index (χ3n) is 3.77. The third kappa shape index (κ3) is 5.38. The second-order valence-corrected chi connectivity index (χ2v) is 8.46. The highest BCUT2D eigenvalue weighted by Crippen LogP contribution is 2.22. The van der Waals surface area contributed by atoms with E-state index in [2.05, 4.69) is 10.9 Å². The fourth-order valence-corrected chi connectivity index (χ4v) is 3.86. The molecule has 4 N–H and O–H groups in total. The lowest BCUT2D eigenvalue weighted by Crippen LogP contribution is -2.41. The molecule has 1 heterocycles. The van der Waals surface area contributed by atoms with Crippen molar-refractivity contribution in [1.82, 2.24) is 10.9 Å². The number of primary sulfonamides is 1. The lowest BCUT2D eigenvalue weighted by molar-refractivity contribution is -0.121. The molecule has 0 atom stereocenters. The summed E-state index contributed by atoms with van der Waals surface area (Å²) in [5.74, 6) is -0.679. The minimum atomic E-state index is -3.72. The number of carbonyl (C=O) groups is 2. The minimum Gasteiger partial charge on any atom is -0.273 e. The van der Waals surface area contributed by atoms with Gasteiger partial charge in [-0.15, -0.1) is 11.3 Å². The van der Waals surface area contributed by atoms with Crippen LogP contribution in [0.3, 0.4) is 0 Å². The summed E-state index contributed by atoms with van der Waals surface area (Å²) in [6, 6.07) is 7.81.